The van der Waals surface area contributed by atoms with Gasteiger partial charge < -0.3 is 117 Å². The van der Waals surface area contributed by atoms with Crippen LogP contribution in [0.3, 0.4) is 0 Å². The highest BCUT2D eigenvalue weighted by Crippen LogP contribution is 2.45. The molecule has 0 radical (unpaired) electrons. The number of phenolic OH excluding ortho intramolecular Hbond substituents is 8. The predicted molar refractivity (Wildman–Crippen MR) is 389 cm³/mol. The Morgan fingerprint density at radius 3 is 0.606 bits per heavy atom. The quantitative estimate of drug-likeness (QED) is 0.0165. The Labute approximate surface area is 608 Å². The van der Waals surface area contributed by atoms with Crippen LogP contribution in [-0.2, 0) is 71.1 Å². The third-order valence-electron chi connectivity index (χ3n) is 17.5. The summed E-state index contributed by atoms with van der Waals surface area (Å²) in [6.45, 7) is 2.35. The SMILES string of the molecule is COc1cc(C[C@@H](CCCOCc2cc(O)cc(O)c2)[C@H](COCc2cc(O)cc(O)c2)Cc2cc(OC)c(OC)c(OC)c2)cc(OC)c1OC.COc1cc(C[C@H](CCCOCc2cc(O)cc(O)c2)[C@@H](COCc2cc(O)cc(O)c2)Cc2cc(OC)c(OC)c(OC)c2)cc(OC)c1OC. The summed E-state index contributed by atoms with van der Waals surface area (Å²) < 4.78 is 92.2. The first-order chi connectivity index (χ1) is 50.2. The van der Waals surface area contributed by atoms with Crippen molar-refractivity contribution in [3.63, 3.8) is 0 Å². The van der Waals surface area contributed by atoms with Crippen LogP contribution in [0.5, 0.6) is 115 Å². The molecule has 8 aromatic rings. The van der Waals surface area contributed by atoms with E-state index in [1.165, 1.54) is 24.3 Å². The number of methoxy groups -OCH3 is 12. The lowest BCUT2D eigenvalue weighted by Crippen LogP contribution is -2.25. The summed E-state index contributed by atoms with van der Waals surface area (Å²) in [5, 5.41) is 79.6. The van der Waals surface area contributed by atoms with E-state index in [0.29, 0.717) is 156 Å². The molecule has 0 aliphatic heterocycles. The van der Waals surface area contributed by atoms with Gasteiger partial charge >= 0.3 is 0 Å². The predicted octanol–water partition coefficient (Wildman–Crippen LogP) is 13.6. The van der Waals surface area contributed by atoms with Crippen LogP contribution in [0.2, 0.25) is 0 Å². The van der Waals surface area contributed by atoms with Crippen molar-refractivity contribution in [3.05, 3.63) is 166 Å². The second-order valence-electron chi connectivity index (χ2n) is 24.8. The zero-order chi connectivity index (χ0) is 75.2. The highest BCUT2D eigenvalue weighted by molar-refractivity contribution is 5.57. The van der Waals surface area contributed by atoms with Gasteiger partial charge in [-0.05, 0) is 217 Å². The van der Waals surface area contributed by atoms with E-state index < -0.39 is 0 Å². The van der Waals surface area contributed by atoms with Crippen LogP contribution in [0.15, 0.2) is 121 Å². The van der Waals surface area contributed by atoms with Gasteiger partial charge in [-0.15, -0.1) is 0 Å². The third-order valence-corrected chi connectivity index (χ3v) is 17.5. The summed E-state index contributed by atoms with van der Waals surface area (Å²) in [4.78, 5) is 0. The van der Waals surface area contributed by atoms with E-state index in [-0.39, 0.29) is 96.1 Å². The zero-order valence-corrected chi connectivity index (χ0v) is 61.3. The maximum absolute atomic E-state index is 10.0. The first-order valence-corrected chi connectivity index (χ1v) is 33.8. The molecule has 0 fully saturated rings. The first kappa shape index (κ1) is 80.9. The Kier molecular flexibility index (Phi) is 31.9. The number of benzene rings is 8. The molecule has 0 heterocycles. The number of hydrogen-bond donors (Lipinski definition) is 8. The summed E-state index contributed by atoms with van der Waals surface area (Å²) in [6, 6.07) is 33.1. The van der Waals surface area contributed by atoms with E-state index in [2.05, 4.69) is 0 Å². The Morgan fingerprint density at radius 1 is 0.221 bits per heavy atom. The van der Waals surface area contributed by atoms with Crippen molar-refractivity contribution in [3.8, 4) is 115 Å². The molecule has 8 N–H and O–H groups in total. The molecule has 104 heavy (non-hydrogen) atoms. The van der Waals surface area contributed by atoms with Gasteiger partial charge in [-0.3, -0.25) is 0 Å². The molecule has 0 saturated heterocycles. The van der Waals surface area contributed by atoms with Crippen molar-refractivity contribution in [2.45, 2.75) is 77.8 Å². The minimum absolute atomic E-state index is 0.0282. The topological polar surface area (TPSA) is 310 Å². The van der Waals surface area contributed by atoms with Crippen LogP contribution in [0, 0.1) is 23.7 Å². The molecule has 4 atom stereocenters. The van der Waals surface area contributed by atoms with E-state index in [1.807, 2.05) is 48.5 Å². The molecule has 0 spiro atoms. The molecular formula is C80H100O24. The molecule has 8 aromatic carbocycles. The standard InChI is InChI=1S/2C40H50O12/c2*1-45-35-16-25(17-36(46-2)39(35)49-5)10-29(8-7-9-51-22-27-12-31(41)20-32(42)13-27)30(24-52-23-28-14-33(43)21-34(44)15-28)11-26-18-37(47-3)40(50-6)38(19-26)48-4/h2*12-21,29-30,41-44H,7-11,22-24H2,1-6H3/t2*29-,30+/m10/s1. The van der Waals surface area contributed by atoms with E-state index in [0.717, 1.165) is 35.1 Å². The molecule has 0 amide bonds. The summed E-state index contributed by atoms with van der Waals surface area (Å²) in [6.07, 6.45) is 5.31. The lowest BCUT2D eigenvalue weighted by Gasteiger charge is -2.29. The van der Waals surface area contributed by atoms with Gasteiger partial charge in [0.05, 0.1) is 125 Å². The van der Waals surface area contributed by atoms with Gasteiger partial charge in [0.2, 0.25) is 23.0 Å². The van der Waals surface area contributed by atoms with Crippen LogP contribution in [0.25, 0.3) is 0 Å². The van der Waals surface area contributed by atoms with Gasteiger partial charge in [0.25, 0.3) is 0 Å². The van der Waals surface area contributed by atoms with Crippen LogP contribution in [0.4, 0.5) is 0 Å². The Morgan fingerprint density at radius 2 is 0.413 bits per heavy atom. The molecule has 24 heteroatoms. The minimum Gasteiger partial charge on any atom is -0.508 e. The fraction of sp³-hybridized carbons (Fsp3) is 0.400. The molecule has 24 nitrogen and oxygen atoms in total. The van der Waals surface area contributed by atoms with E-state index in [4.69, 9.17) is 75.8 Å². The molecule has 0 saturated carbocycles. The molecule has 8 rings (SSSR count). The van der Waals surface area contributed by atoms with Crippen molar-refractivity contribution < 1.29 is 117 Å². The van der Waals surface area contributed by atoms with E-state index >= 15 is 0 Å². The fourth-order valence-corrected chi connectivity index (χ4v) is 12.8. The van der Waals surface area contributed by atoms with Gasteiger partial charge in [-0.1, -0.05) is 0 Å². The van der Waals surface area contributed by atoms with Crippen molar-refractivity contribution in [2.75, 3.05) is 112 Å². The monoisotopic (exact) mass is 1440 g/mol. The molecule has 0 bridgehead atoms. The van der Waals surface area contributed by atoms with Crippen LogP contribution in [-0.4, -0.2) is 153 Å². The van der Waals surface area contributed by atoms with E-state index in [9.17, 15) is 40.9 Å². The van der Waals surface area contributed by atoms with Gasteiger partial charge in [0, 0.05) is 37.5 Å². The van der Waals surface area contributed by atoms with Crippen molar-refractivity contribution in [1.29, 1.82) is 0 Å². The third kappa shape index (κ3) is 23.8. The normalized spacial score (nSPS) is 12.2. The molecule has 0 aliphatic carbocycles. The minimum atomic E-state index is -0.0594. The second kappa shape index (κ2) is 41.0. The molecule has 564 valence electrons. The van der Waals surface area contributed by atoms with Crippen molar-refractivity contribution in [1.82, 2.24) is 0 Å². The largest absolute Gasteiger partial charge is 0.508 e. The molecule has 0 aromatic heterocycles. The molecule has 0 unspecified atom stereocenters. The van der Waals surface area contributed by atoms with Crippen LogP contribution in [0.1, 0.15) is 70.2 Å². The first-order valence-electron chi connectivity index (χ1n) is 33.8. The van der Waals surface area contributed by atoms with Crippen molar-refractivity contribution in [2.24, 2.45) is 23.7 Å². The average molecular weight is 1450 g/mol. The number of rotatable bonds is 42. The Hall–Kier alpha value is -10.4. The maximum Gasteiger partial charge on any atom is 0.203 e. The van der Waals surface area contributed by atoms with Crippen LogP contribution >= 0.6 is 0 Å². The average Bonchev–Trinajstić information content (AvgIpc) is 0.815. The van der Waals surface area contributed by atoms with Gasteiger partial charge in [0.1, 0.15) is 46.0 Å². The summed E-state index contributed by atoms with van der Waals surface area (Å²) in [5.74, 6) is 6.01. The second-order valence-corrected chi connectivity index (χ2v) is 24.8. The molecule has 0 aliphatic rings. The number of ether oxygens (including phenoxy) is 16. The lowest BCUT2D eigenvalue weighted by atomic mass is 9.80. The summed E-state index contributed by atoms with van der Waals surface area (Å²) in [5.41, 5.74) is 6.46. The van der Waals surface area contributed by atoms with E-state index in [1.54, 1.807) is 134 Å². The summed E-state index contributed by atoms with van der Waals surface area (Å²) in [7, 11) is 18.9. The number of aromatic hydroxyl groups is 8. The van der Waals surface area contributed by atoms with Gasteiger partial charge in [-0.2, -0.15) is 0 Å². The fourth-order valence-electron chi connectivity index (χ4n) is 12.8. The zero-order valence-electron chi connectivity index (χ0n) is 61.3. The Balaban J connectivity index is 0.000000291. The highest BCUT2D eigenvalue weighted by atomic mass is 16.6. The smallest absolute Gasteiger partial charge is 0.203 e. The number of phenols is 8. The van der Waals surface area contributed by atoms with Gasteiger partial charge in [0.15, 0.2) is 46.0 Å². The van der Waals surface area contributed by atoms with Crippen LogP contribution < -0.4 is 56.8 Å². The number of hydrogen-bond acceptors (Lipinski definition) is 24. The maximum atomic E-state index is 10.0. The molecular weight excluding hydrogens is 1340 g/mol. The van der Waals surface area contributed by atoms with Crippen molar-refractivity contribution >= 4 is 0 Å². The Bertz CT molecular complexity index is 3550. The summed E-state index contributed by atoms with van der Waals surface area (Å²) >= 11 is 0. The lowest BCUT2D eigenvalue weighted by molar-refractivity contribution is 0.0578. The van der Waals surface area contributed by atoms with Gasteiger partial charge in [-0.25, -0.2) is 0 Å². The highest BCUT2D eigenvalue weighted by Gasteiger charge is 2.29.